The van der Waals surface area contributed by atoms with Crippen LogP contribution in [0, 0.1) is 10.1 Å². The smallest absolute Gasteiger partial charge is 0.294 e. The Hall–Kier alpha value is -2.30. The third-order valence-electron chi connectivity index (χ3n) is 5.06. The summed E-state index contributed by atoms with van der Waals surface area (Å²) in [6, 6.07) is 7.65. The number of benzene rings is 1. The average Bonchev–Trinajstić information content (AvgIpc) is 2.77. The molecule has 32 heavy (non-hydrogen) atoms. The molecule has 1 amide bonds. The van der Waals surface area contributed by atoms with E-state index in [0.29, 0.717) is 32.5 Å². The molecule has 1 aromatic rings. The van der Waals surface area contributed by atoms with Gasteiger partial charge in [0.15, 0.2) is 0 Å². The Balaban J connectivity index is 1.56. The van der Waals surface area contributed by atoms with Crippen LogP contribution in [0.15, 0.2) is 36.9 Å². The molecule has 2 rings (SSSR count). The van der Waals surface area contributed by atoms with E-state index in [2.05, 4.69) is 17.2 Å². The van der Waals surface area contributed by atoms with Crippen molar-refractivity contribution < 1.29 is 24.6 Å². The fourth-order valence-electron chi connectivity index (χ4n) is 3.49. The van der Waals surface area contributed by atoms with Crippen LogP contribution in [0.1, 0.15) is 31.2 Å². The maximum Gasteiger partial charge on any atom is 0.294 e. The zero-order chi connectivity index (χ0) is 23.2. The lowest BCUT2D eigenvalue weighted by Gasteiger charge is -2.28. The number of aliphatic hydroxyl groups is 1. The SMILES string of the molecule is C=CCc1ccccc1OCC(O)CNCCNC(=O)CSC1CCCCC1O[N+](=O)[O-]. The van der Waals surface area contributed by atoms with E-state index in [-0.39, 0.29) is 23.5 Å². The Kier molecular flexibility index (Phi) is 11.9. The summed E-state index contributed by atoms with van der Waals surface area (Å²) in [7, 11) is 0. The maximum absolute atomic E-state index is 12.0. The second-order valence-corrected chi connectivity index (χ2v) is 8.85. The van der Waals surface area contributed by atoms with Crippen LogP contribution < -0.4 is 15.4 Å². The van der Waals surface area contributed by atoms with E-state index >= 15 is 0 Å². The van der Waals surface area contributed by atoms with E-state index in [4.69, 9.17) is 9.57 Å². The molecule has 0 radical (unpaired) electrons. The Morgan fingerprint density at radius 3 is 2.91 bits per heavy atom. The van der Waals surface area contributed by atoms with Gasteiger partial charge in [-0.25, -0.2) is 0 Å². The van der Waals surface area contributed by atoms with Crippen molar-refractivity contribution in [3.05, 3.63) is 52.6 Å². The molecule has 178 valence electrons. The van der Waals surface area contributed by atoms with Gasteiger partial charge in [-0.3, -0.25) is 4.79 Å². The van der Waals surface area contributed by atoms with Gasteiger partial charge >= 0.3 is 0 Å². The maximum atomic E-state index is 12.0. The van der Waals surface area contributed by atoms with E-state index in [1.54, 1.807) is 6.08 Å². The first kappa shape index (κ1) is 26.0. The number of amides is 1. The number of aliphatic hydroxyl groups excluding tert-OH is 1. The lowest BCUT2D eigenvalue weighted by atomic mass is 9.97. The Morgan fingerprint density at radius 1 is 1.34 bits per heavy atom. The number of hydrogen-bond acceptors (Lipinski definition) is 8. The van der Waals surface area contributed by atoms with Crippen molar-refractivity contribution in [2.24, 2.45) is 0 Å². The summed E-state index contributed by atoms with van der Waals surface area (Å²) in [4.78, 5) is 27.4. The van der Waals surface area contributed by atoms with E-state index in [9.17, 15) is 20.0 Å². The van der Waals surface area contributed by atoms with Crippen LogP contribution in [0.25, 0.3) is 0 Å². The lowest BCUT2D eigenvalue weighted by Crippen LogP contribution is -2.38. The topological polar surface area (TPSA) is 123 Å². The highest BCUT2D eigenvalue weighted by Gasteiger charge is 2.29. The number of ether oxygens (including phenoxy) is 1. The summed E-state index contributed by atoms with van der Waals surface area (Å²) < 4.78 is 5.71. The molecule has 0 bridgehead atoms. The summed E-state index contributed by atoms with van der Waals surface area (Å²) in [5, 5.41) is 25.8. The van der Waals surface area contributed by atoms with Crippen molar-refractivity contribution in [3.8, 4) is 5.75 Å². The number of carbonyl (C=O) groups is 1. The summed E-state index contributed by atoms with van der Waals surface area (Å²) in [5.74, 6) is 0.855. The molecule has 9 nitrogen and oxygen atoms in total. The van der Waals surface area contributed by atoms with Crippen molar-refractivity contribution in [1.82, 2.24) is 10.6 Å². The molecule has 0 heterocycles. The van der Waals surface area contributed by atoms with Gasteiger partial charge in [0.2, 0.25) is 5.91 Å². The third-order valence-corrected chi connectivity index (χ3v) is 6.46. The summed E-state index contributed by atoms with van der Waals surface area (Å²) in [6.07, 6.45) is 4.76. The number of thioether (sulfide) groups is 1. The molecule has 1 aliphatic rings. The molecule has 10 heteroatoms. The van der Waals surface area contributed by atoms with Crippen LogP contribution in [-0.2, 0) is 16.1 Å². The van der Waals surface area contributed by atoms with Crippen LogP contribution in [0.5, 0.6) is 5.75 Å². The summed E-state index contributed by atoms with van der Waals surface area (Å²) in [5.41, 5.74) is 1.02. The highest BCUT2D eigenvalue weighted by Crippen LogP contribution is 2.30. The summed E-state index contributed by atoms with van der Waals surface area (Å²) in [6.45, 7) is 5.18. The van der Waals surface area contributed by atoms with Crippen molar-refractivity contribution in [2.45, 2.75) is 49.6 Å². The first-order valence-corrected chi connectivity index (χ1v) is 11.9. The largest absolute Gasteiger partial charge is 0.491 e. The van der Waals surface area contributed by atoms with E-state index in [1.807, 2.05) is 24.3 Å². The molecule has 1 fully saturated rings. The quantitative estimate of drug-likeness (QED) is 0.155. The molecule has 1 aliphatic carbocycles. The normalized spacial score (nSPS) is 19.0. The molecular formula is C22H33N3O6S. The van der Waals surface area contributed by atoms with Gasteiger partial charge in [-0.05, 0) is 30.9 Å². The Bertz CT molecular complexity index is 735. The van der Waals surface area contributed by atoms with Crippen LogP contribution in [-0.4, -0.2) is 65.6 Å². The van der Waals surface area contributed by atoms with E-state index in [0.717, 1.165) is 30.6 Å². The van der Waals surface area contributed by atoms with Gasteiger partial charge in [-0.15, -0.1) is 28.5 Å². The van der Waals surface area contributed by atoms with Gasteiger partial charge in [-0.1, -0.05) is 37.1 Å². The minimum atomic E-state index is -0.741. The highest BCUT2D eigenvalue weighted by molar-refractivity contribution is 8.00. The second-order valence-electron chi connectivity index (χ2n) is 7.62. The zero-order valence-corrected chi connectivity index (χ0v) is 19.1. The lowest BCUT2D eigenvalue weighted by molar-refractivity contribution is -0.768. The number of allylic oxidation sites excluding steroid dienone is 1. The highest BCUT2D eigenvalue weighted by atomic mass is 32.2. The van der Waals surface area contributed by atoms with Crippen LogP contribution in [0.2, 0.25) is 0 Å². The van der Waals surface area contributed by atoms with Crippen LogP contribution in [0.3, 0.4) is 0 Å². The average molecular weight is 468 g/mol. The molecule has 0 aromatic heterocycles. The molecule has 0 spiro atoms. The standard InChI is InChI=1S/C22H33N3O6S/c1-2-7-17-8-3-4-9-19(17)30-15-18(26)14-23-12-13-24-22(27)16-32-21-11-6-5-10-20(21)31-25(28)29/h2-4,8-9,18,20-21,23,26H,1,5-7,10-16H2,(H,24,27). The molecule has 3 atom stereocenters. The number of carbonyl (C=O) groups excluding carboxylic acids is 1. The number of nitrogens with zero attached hydrogens (tertiary/aromatic N) is 1. The number of hydrogen-bond donors (Lipinski definition) is 3. The predicted octanol–water partition coefficient (Wildman–Crippen LogP) is 2.11. The number of para-hydroxylation sites is 1. The minimum absolute atomic E-state index is 0.0372. The summed E-state index contributed by atoms with van der Waals surface area (Å²) >= 11 is 1.41. The zero-order valence-electron chi connectivity index (χ0n) is 18.2. The first-order chi connectivity index (χ1) is 15.5. The third kappa shape index (κ3) is 9.88. The fraction of sp³-hybridized carbons (Fsp3) is 0.591. The molecular weight excluding hydrogens is 434 g/mol. The predicted molar refractivity (Wildman–Crippen MR) is 124 cm³/mol. The number of rotatable bonds is 15. The Labute approximate surface area is 193 Å². The molecule has 1 aromatic carbocycles. The van der Waals surface area contributed by atoms with Crippen molar-refractivity contribution in [3.63, 3.8) is 0 Å². The van der Waals surface area contributed by atoms with Gasteiger partial charge in [-0.2, -0.15) is 0 Å². The van der Waals surface area contributed by atoms with E-state index in [1.165, 1.54) is 11.8 Å². The van der Waals surface area contributed by atoms with Crippen molar-refractivity contribution in [2.75, 3.05) is 32.0 Å². The van der Waals surface area contributed by atoms with Crippen molar-refractivity contribution >= 4 is 17.7 Å². The monoisotopic (exact) mass is 467 g/mol. The van der Waals surface area contributed by atoms with Gasteiger partial charge in [0.1, 0.15) is 24.6 Å². The molecule has 0 saturated heterocycles. The van der Waals surface area contributed by atoms with Crippen LogP contribution in [0.4, 0.5) is 0 Å². The molecule has 0 aliphatic heterocycles. The van der Waals surface area contributed by atoms with Gasteiger partial charge in [0.05, 0.1) is 5.75 Å². The molecule has 3 N–H and O–H groups in total. The minimum Gasteiger partial charge on any atom is -0.491 e. The van der Waals surface area contributed by atoms with Crippen molar-refractivity contribution in [1.29, 1.82) is 0 Å². The van der Waals surface area contributed by atoms with Gasteiger partial charge in [0.25, 0.3) is 5.09 Å². The Morgan fingerprint density at radius 2 is 2.12 bits per heavy atom. The first-order valence-electron chi connectivity index (χ1n) is 10.9. The number of nitrogens with one attached hydrogen (secondary N) is 2. The van der Waals surface area contributed by atoms with E-state index < -0.39 is 17.3 Å². The van der Waals surface area contributed by atoms with Gasteiger partial charge in [0, 0.05) is 24.9 Å². The second kappa shape index (κ2) is 14.7. The molecule has 1 saturated carbocycles. The van der Waals surface area contributed by atoms with Crippen LogP contribution >= 0.6 is 11.8 Å². The molecule has 3 unspecified atom stereocenters. The fourth-order valence-corrected chi connectivity index (χ4v) is 4.69. The van der Waals surface area contributed by atoms with Gasteiger partial charge < -0.3 is 25.3 Å².